The first-order valence-electron chi connectivity index (χ1n) is 5.58. The highest BCUT2D eigenvalue weighted by Crippen LogP contribution is 2.27. The summed E-state index contributed by atoms with van der Waals surface area (Å²) in [7, 11) is 0. The van der Waals surface area contributed by atoms with Crippen LogP contribution in [0.25, 0.3) is 0 Å². The van der Waals surface area contributed by atoms with E-state index in [4.69, 9.17) is 17.3 Å². The van der Waals surface area contributed by atoms with E-state index in [-0.39, 0.29) is 16.4 Å². The molecule has 0 saturated carbocycles. The van der Waals surface area contributed by atoms with Gasteiger partial charge in [0, 0.05) is 23.4 Å². The maximum absolute atomic E-state index is 12.0. The Morgan fingerprint density at radius 3 is 2.65 bits per heavy atom. The number of halogens is 1. The fourth-order valence-electron chi connectivity index (χ4n) is 1.60. The van der Waals surface area contributed by atoms with E-state index in [0.717, 1.165) is 0 Å². The number of benzene rings is 2. The third-order valence-electron chi connectivity index (χ3n) is 2.56. The lowest BCUT2D eigenvalue weighted by atomic mass is 10.2. The summed E-state index contributed by atoms with van der Waals surface area (Å²) in [5.41, 5.74) is 6.39. The van der Waals surface area contributed by atoms with Crippen LogP contribution in [0.5, 0.6) is 0 Å². The first-order valence-corrected chi connectivity index (χ1v) is 5.96. The maximum Gasteiger partial charge on any atom is 0.271 e. The van der Waals surface area contributed by atoms with Crippen LogP contribution in [0.3, 0.4) is 0 Å². The molecular formula is C13H10ClN3O3. The van der Waals surface area contributed by atoms with Crippen LogP contribution in [0.15, 0.2) is 42.5 Å². The fraction of sp³-hybridized carbons (Fsp3) is 0. The van der Waals surface area contributed by atoms with Crippen molar-refractivity contribution in [2.24, 2.45) is 0 Å². The summed E-state index contributed by atoms with van der Waals surface area (Å²) >= 11 is 5.90. The zero-order chi connectivity index (χ0) is 14.7. The molecule has 0 atom stereocenters. The molecule has 0 unspecified atom stereocenters. The summed E-state index contributed by atoms with van der Waals surface area (Å²) in [5, 5.41) is 13.4. The van der Waals surface area contributed by atoms with Gasteiger partial charge in [0.2, 0.25) is 0 Å². The number of carbonyl (C=O) groups excluding carboxylic acids is 1. The highest BCUT2D eigenvalue weighted by molar-refractivity contribution is 6.34. The fourth-order valence-corrected chi connectivity index (χ4v) is 1.76. The number of nitro groups is 1. The van der Waals surface area contributed by atoms with Gasteiger partial charge < -0.3 is 11.1 Å². The Balaban J connectivity index is 2.27. The minimum Gasteiger partial charge on any atom is -0.399 e. The van der Waals surface area contributed by atoms with Gasteiger partial charge in [-0.1, -0.05) is 17.7 Å². The predicted octanol–water partition coefficient (Wildman–Crippen LogP) is 3.08. The first-order chi connectivity index (χ1) is 9.47. The Hall–Kier alpha value is -2.60. The van der Waals surface area contributed by atoms with Crippen LogP contribution in [-0.4, -0.2) is 10.8 Å². The van der Waals surface area contributed by atoms with Gasteiger partial charge >= 0.3 is 0 Å². The molecule has 0 heterocycles. The summed E-state index contributed by atoms with van der Waals surface area (Å²) in [6, 6.07) is 10.2. The van der Waals surface area contributed by atoms with Crippen molar-refractivity contribution in [1.82, 2.24) is 0 Å². The smallest absolute Gasteiger partial charge is 0.271 e. The van der Waals surface area contributed by atoms with Crippen LogP contribution in [0.4, 0.5) is 17.1 Å². The molecule has 0 fully saturated rings. The van der Waals surface area contributed by atoms with E-state index in [1.807, 2.05) is 0 Å². The molecule has 0 aliphatic carbocycles. The van der Waals surface area contributed by atoms with Gasteiger partial charge in [-0.3, -0.25) is 14.9 Å². The van der Waals surface area contributed by atoms with Crippen molar-refractivity contribution in [3.05, 3.63) is 63.2 Å². The van der Waals surface area contributed by atoms with E-state index in [2.05, 4.69) is 5.32 Å². The number of nitrogens with two attached hydrogens (primary N) is 1. The number of hydrogen-bond donors (Lipinski definition) is 2. The van der Waals surface area contributed by atoms with Gasteiger partial charge in [0.1, 0.15) is 0 Å². The molecule has 2 aromatic carbocycles. The molecule has 0 aliphatic rings. The van der Waals surface area contributed by atoms with Crippen LogP contribution < -0.4 is 11.1 Å². The number of nitro benzene ring substituents is 1. The first kappa shape index (κ1) is 13.8. The van der Waals surface area contributed by atoms with Crippen LogP contribution >= 0.6 is 11.6 Å². The number of amides is 1. The topological polar surface area (TPSA) is 98.3 Å². The monoisotopic (exact) mass is 291 g/mol. The molecule has 0 radical (unpaired) electrons. The molecule has 7 heteroatoms. The third kappa shape index (κ3) is 3.04. The van der Waals surface area contributed by atoms with Crippen molar-refractivity contribution in [2.45, 2.75) is 0 Å². The Bertz CT molecular complexity index is 688. The van der Waals surface area contributed by atoms with Gasteiger partial charge in [-0.05, 0) is 24.3 Å². The molecule has 0 saturated heterocycles. The van der Waals surface area contributed by atoms with Crippen molar-refractivity contribution < 1.29 is 9.72 Å². The van der Waals surface area contributed by atoms with Gasteiger partial charge in [0.25, 0.3) is 11.6 Å². The van der Waals surface area contributed by atoms with Gasteiger partial charge in [0.05, 0.1) is 15.6 Å². The molecule has 20 heavy (non-hydrogen) atoms. The molecular weight excluding hydrogens is 282 g/mol. The van der Waals surface area contributed by atoms with Crippen molar-refractivity contribution >= 4 is 34.6 Å². The zero-order valence-electron chi connectivity index (χ0n) is 10.2. The van der Waals surface area contributed by atoms with Gasteiger partial charge in [-0.15, -0.1) is 0 Å². The summed E-state index contributed by atoms with van der Waals surface area (Å²) < 4.78 is 0. The van der Waals surface area contributed by atoms with E-state index in [1.54, 1.807) is 18.2 Å². The maximum atomic E-state index is 12.0. The summed E-state index contributed by atoms with van der Waals surface area (Å²) in [6.45, 7) is 0. The molecule has 0 spiro atoms. The third-order valence-corrected chi connectivity index (χ3v) is 2.89. The average molecular weight is 292 g/mol. The summed E-state index contributed by atoms with van der Waals surface area (Å²) in [6.07, 6.45) is 0. The van der Waals surface area contributed by atoms with E-state index in [9.17, 15) is 14.9 Å². The summed E-state index contributed by atoms with van der Waals surface area (Å²) in [4.78, 5) is 22.1. The number of nitrogens with zero attached hydrogens (tertiary/aromatic N) is 1. The SMILES string of the molecule is Nc1cccc(C(=O)Nc2cc([N+](=O)[O-])ccc2Cl)c1. The minimum atomic E-state index is -0.563. The quantitative estimate of drug-likeness (QED) is 0.516. The minimum absolute atomic E-state index is 0.155. The summed E-state index contributed by atoms with van der Waals surface area (Å²) in [5.74, 6) is -0.445. The number of nitrogens with one attached hydrogen (secondary N) is 1. The number of rotatable bonds is 3. The number of hydrogen-bond acceptors (Lipinski definition) is 4. The molecule has 2 rings (SSSR count). The lowest BCUT2D eigenvalue weighted by molar-refractivity contribution is -0.384. The van der Waals surface area contributed by atoms with Crippen molar-refractivity contribution in [3.63, 3.8) is 0 Å². The number of carbonyl (C=O) groups is 1. The zero-order valence-corrected chi connectivity index (χ0v) is 10.9. The van der Waals surface area contributed by atoms with Crippen molar-refractivity contribution in [2.75, 3.05) is 11.1 Å². The van der Waals surface area contributed by atoms with Crippen LogP contribution in [0.2, 0.25) is 5.02 Å². The van der Waals surface area contributed by atoms with E-state index in [1.165, 1.54) is 24.3 Å². The standard InChI is InChI=1S/C13H10ClN3O3/c14-11-5-4-10(17(19)20)7-12(11)16-13(18)8-2-1-3-9(15)6-8/h1-7H,15H2,(H,16,18). The van der Waals surface area contributed by atoms with Crippen LogP contribution in [0.1, 0.15) is 10.4 Å². The molecule has 6 nitrogen and oxygen atoms in total. The normalized spacial score (nSPS) is 10.1. The predicted molar refractivity (Wildman–Crippen MR) is 76.9 cm³/mol. The van der Waals surface area contributed by atoms with Crippen molar-refractivity contribution in [1.29, 1.82) is 0 Å². The Labute approximate surface area is 119 Å². The van der Waals surface area contributed by atoms with E-state index < -0.39 is 10.8 Å². The molecule has 0 aromatic heterocycles. The second-order valence-corrected chi connectivity index (χ2v) is 4.41. The Kier molecular flexibility index (Phi) is 3.86. The largest absolute Gasteiger partial charge is 0.399 e. The Morgan fingerprint density at radius 2 is 2.00 bits per heavy atom. The second kappa shape index (κ2) is 5.58. The molecule has 102 valence electrons. The second-order valence-electron chi connectivity index (χ2n) is 4.00. The van der Waals surface area contributed by atoms with Crippen LogP contribution in [0, 0.1) is 10.1 Å². The number of anilines is 2. The molecule has 1 amide bonds. The molecule has 2 aromatic rings. The lowest BCUT2D eigenvalue weighted by Gasteiger charge is -2.07. The highest BCUT2D eigenvalue weighted by Gasteiger charge is 2.13. The van der Waals surface area contributed by atoms with E-state index >= 15 is 0 Å². The molecule has 0 aliphatic heterocycles. The number of non-ortho nitro benzene ring substituents is 1. The van der Waals surface area contributed by atoms with Gasteiger partial charge in [-0.2, -0.15) is 0 Å². The van der Waals surface area contributed by atoms with Gasteiger partial charge in [0.15, 0.2) is 0 Å². The van der Waals surface area contributed by atoms with Crippen molar-refractivity contribution in [3.8, 4) is 0 Å². The molecule has 3 N–H and O–H groups in total. The Morgan fingerprint density at radius 1 is 1.25 bits per heavy atom. The van der Waals surface area contributed by atoms with Gasteiger partial charge in [-0.25, -0.2) is 0 Å². The highest BCUT2D eigenvalue weighted by atomic mass is 35.5. The molecule has 0 bridgehead atoms. The average Bonchev–Trinajstić information content (AvgIpc) is 2.41. The number of nitrogen functional groups attached to an aromatic ring is 1. The van der Waals surface area contributed by atoms with E-state index in [0.29, 0.717) is 11.3 Å². The van der Waals surface area contributed by atoms with Crippen LogP contribution in [-0.2, 0) is 0 Å². The lowest BCUT2D eigenvalue weighted by Crippen LogP contribution is -2.12.